The van der Waals surface area contributed by atoms with Crippen molar-refractivity contribution in [3.8, 4) is 0 Å². The van der Waals surface area contributed by atoms with Crippen LogP contribution in [0.2, 0.25) is 0 Å². The second-order valence-corrected chi connectivity index (χ2v) is 4.80. The number of hydrogen-bond acceptors (Lipinski definition) is 4. The molecular formula is C14H16FN5O3. The van der Waals surface area contributed by atoms with Crippen molar-refractivity contribution < 1.29 is 19.1 Å². The Morgan fingerprint density at radius 1 is 1.35 bits per heavy atom. The van der Waals surface area contributed by atoms with Gasteiger partial charge in [-0.1, -0.05) is 12.1 Å². The van der Waals surface area contributed by atoms with Gasteiger partial charge in [-0.3, -0.25) is 9.48 Å². The summed E-state index contributed by atoms with van der Waals surface area (Å²) >= 11 is 0. The molecule has 122 valence electrons. The average molecular weight is 321 g/mol. The summed E-state index contributed by atoms with van der Waals surface area (Å²) in [5.74, 6) is -0.953. The normalized spacial score (nSPS) is 11.7. The fraction of sp³-hybridized carbons (Fsp3) is 0.214. The van der Waals surface area contributed by atoms with Crippen LogP contribution in [-0.4, -0.2) is 33.4 Å². The van der Waals surface area contributed by atoms with Crippen LogP contribution < -0.4 is 16.4 Å². The zero-order valence-electron chi connectivity index (χ0n) is 12.1. The van der Waals surface area contributed by atoms with Crippen LogP contribution in [0.5, 0.6) is 0 Å². The Kier molecular flexibility index (Phi) is 5.26. The first-order valence-corrected chi connectivity index (χ1v) is 6.73. The van der Waals surface area contributed by atoms with Gasteiger partial charge in [0.15, 0.2) is 0 Å². The van der Waals surface area contributed by atoms with Gasteiger partial charge in [0.05, 0.1) is 18.0 Å². The predicted molar refractivity (Wildman–Crippen MR) is 79.8 cm³/mol. The fourth-order valence-corrected chi connectivity index (χ4v) is 1.84. The molecule has 23 heavy (non-hydrogen) atoms. The Bertz CT molecular complexity index is 686. The first kappa shape index (κ1) is 16.4. The van der Waals surface area contributed by atoms with Crippen LogP contribution in [0.1, 0.15) is 11.7 Å². The zero-order chi connectivity index (χ0) is 16.8. The van der Waals surface area contributed by atoms with Crippen LogP contribution in [0, 0.1) is 5.82 Å². The van der Waals surface area contributed by atoms with E-state index in [1.807, 2.05) is 0 Å². The third-order valence-electron chi connectivity index (χ3n) is 2.92. The van der Waals surface area contributed by atoms with Crippen LogP contribution in [0.25, 0.3) is 0 Å². The maximum absolute atomic E-state index is 12.8. The third kappa shape index (κ3) is 5.08. The van der Waals surface area contributed by atoms with Crippen molar-refractivity contribution in [1.29, 1.82) is 0 Å². The van der Waals surface area contributed by atoms with Crippen molar-refractivity contribution >= 4 is 17.6 Å². The van der Waals surface area contributed by atoms with Crippen LogP contribution in [-0.2, 0) is 11.3 Å². The van der Waals surface area contributed by atoms with Gasteiger partial charge < -0.3 is 21.5 Å². The molecule has 2 rings (SSSR count). The number of aliphatic hydroxyl groups excluding tert-OH is 1. The van der Waals surface area contributed by atoms with Crippen molar-refractivity contribution in [3.63, 3.8) is 0 Å². The summed E-state index contributed by atoms with van der Waals surface area (Å²) in [6, 6.07) is 4.78. The highest BCUT2D eigenvalue weighted by Gasteiger charge is 2.10. The molecule has 0 fully saturated rings. The summed E-state index contributed by atoms with van der Waals surface area (Å²) in [6.45, 7) is -0.139. The van der Waals surface area contributed by atoms with E-state index in [4.69, 9.17) is 5.73 Å². The minimum absolute atomic E-state index is 0.0487. The van der Waals surface area contributed by atoms with Crippen molar-refractivity contribution in [3.05, 3.63) is 48.0 Å². The summed E-state index contributed by atoms with van der Waals surface area (Å²) in [4.78, 5) is 22.5. The molecule has 0 radical (unpaired) electrons. The number of primary amides is 1. The zero-order valence-corrected chi connectivity index (χ0v) is 12.1. The van der Waals surface area contributed by atoms with Gasteiger partial charge in [0.1, 0.15) is 12.4 Å². The second-order valence-electron chi connectivity index (χ2n) is 4.80. The van der Waals surface area contributed by atoms with E-state index in [1.54, 1.807) is 0 Å². The Hall–Kier alpha value is -2.94. The summed E-state index contributed by atoms with van der Waals surface area (Å²) in [5, 5.41) is 18.7. The van der Waals surface area contributed by atoms with Crippen LogP contribution >= 0.6 is 0 Å². The second kappa shape index (κ2) is 7.36. The number of benzene rings is 1. The number of anilines is 1. The van der Waals surface area contributed by atoms with Gasteiger partial charge in [0.2, 0.25) is 5.91 Å². The molecule has 0 unspecified atom stereocenters. The first-order chi connectivity index (χ1) is 10.9. The standard InChI is InChI=1S/C14H16FN5O3/c15-10-3-1-9(2-4-10)12(21)6-17-14(23)19-11-5-18-20(7-11)8-13(16)22/h1-5,7,12,21H,6,8H2,(H2,16,22)(H2,17,19,23)/t12-/m1/s1. The van der Waals surface area contributed by atoms with Crippen molar-refractivity contribution in [1.82, 2.24) is 15.1 Å². The van der Waals surface area contributed by atoms with E-state index in [0.717, 1.165) is 0 Å². The molecule has 1 aromatic carbocycles. The number of nitrogens with two attached hydrogens (primary N) is 1. The van der Waals surface area contributed by atoms with Gasteiger partial charge in [-0.2, -0.15) is 5.10 Å². The topological polar surface area (TPSA) is 122 Å². The molecular weight excluding hydrogens is 305 g/mol. The van der Waals surface area contributed by atoms with Gasteiger partial charge in [0, 0.05) is 12.7 Å². The fourth-order valence-electron chi connectivity index (χ4n) is 1.84. The van der Waals surface area contributed by atoms with Gasteiger partial charge >= 0.3 is 6.03 Å². The number of carbonyl (C=O) groups is 2. The molecule has 0 bridgehead atoms. The van der Waals surface area contributed by atoms with Crippen molar-refractivity contribution in [2.75, 3.05) is 11.9 Å². The molecule has 0 aliphatic rings. The molecule has 1 aromatic heterocycles. The maximum Gasteiger partial charge on any atom is 0.319 e. The molecule has 0 aliphatic heterocycles. The highest BCUT2D eigenvalue weighted by molar-refractivity contribution is 5.88. The molecule has 8 nitrogen and oxygen atoms in total. The number of carbonyl (C=O) groups excluding carboxylic acids is 2. The molecule has 0 saturated heterocycles. The van der Waals surface area contributed by atoms with Gasteiger partial charge in [-0.25, -0.2) is 9.18 Å². The summed E-state index contributed by atoms with van der Waals surface area (Å²) in [6.07, 6.45) is 1.85. The molecule has 2 aromatic rings. The minimum Gasteiger partial charge on any atom is -0.387 e. The Morgan fingerprint density at radius 3 is 2.70 bits per heavy atom. The van der Waals surface area contributed by atoms with Gasteiger partial charge in [0.25, 0.3) is 0 Å². The molecule has 0 spiro atoms. The van der Waals surface area contributed by atoms with E-state index in [2.05, 4.69) is 15.7 Å². The van der Waals surface area contributed by atoms with E-state index in [0.29, 0.717) is 11.3 Å². The van der Waals surface area contributed by atoms with Crippen molar-refractivity contribution in [2.24, 2.45) is 5.73 Å². The summed E-state index contributed by atoms with van der Waals surface area (Å²) < 4.78 is 14.1. The van der Waals surface area contributed by atoms with E-state index in [9.17, 15) is 19.1 Å². The predicted octanol–water partition coefficient (Wildman–Crippen LogP) is 0.363. The van der Waals surface area contributed by atoms with E-state index in [1.165, 1.54) is 41.3 Å². The van der Waals surface area contributed by atoms with Crippen LogP contribution in [0.15, 0.2) is 36.7 Å². The number of rotatable bonds is 6. The lowest BCUT2D eigenvalue weighted by Crippen LogP contribution is -2.32. The molecule has 9 heteroatoms. The number of hydrogen-bond donors (Lipinski definition) is 4. The largest absolute Gasteiger partial charge is 0.387 e. The van der Waals surface area contributed by atoms with Gasteiger partial charge in [-0.15, -0.1) is 0 Å². The summed E-state index contributed by atoms with van der Waals surface area (Å²) in [7, 11) is 0. The van der Waals surface area contributed by atoms with Gasteiger partial charge in [-0.05, 0) is 17.7 Å². The van der Waals surface area contributed by atoms with Crippen LogP contribution in [0.3, 0.4) is 0 Å². The number of halogens is 1. The molecule has 0 aliphatic carbocycles. The van der Waals surface area contributed by atoms with E-state index in [-0.39, 0.29) is 13.1 Å². The Labute approximate surface area is 131 Å². The molecule has 5 N–H and O–H groups in total. The number of nitrogens with zero attached hydrogens (tertiary/aromatic N) is 2. The van der Waals surface area contributed by atoms with E-state index >= 15 is 0 Å². The highest BCUT2D eigenvalue weighted by atomic mass is 19.1. The third-order valence-corrected chi connectivity index (χ3v) is 2.92. The lowest BCUT2D eigenvalue weighted by atomic mass is 10.1. The number of aliphatic hydroxyl groups is 1. The lowest BCUT2D eigenvalue weighted by Gasteiger charge is -2.12. The maximum atomic E-state index is 12.8. The smallest absolute Gasteiger partial charge is 0.319 e. The van der Waals surface area contributed by atoms with Crippen molar-refractivity contribution in [2.45, 2.75) is 12.6 Å². The molecule has 1 atom stereocenters. The summed E-state index contributed by atoms with van der Waals surface area (Å²) in [5.41, 5.74) is 5.89. The first-order valence-electron chi connectivity index (χ1n) is 6.73. The SMILES string of the molecule is NC(=O)Cn1cc(NC(=O)NC[C@@H](O)c2ccc(F)cc2)cn1. The van der Waals surface area contributed by atoms with Crippen LogP contribution in [0.4, 0.5) is 14.9 Å². The van der Waals surface area contributed by atoms with E-state index < -0.39 is 23.9 Å². The average Bonchev–Trinajstić information content (AvgIpc) is 2.91. The number of urea groups is 1. The Morgan fingerprint density at radius 2 is 2.04 bits per heavy atom. The number of amides is 3. The quantitative estimate of drug-likeness (QED) is 0.613. The molecule has 1 heterocycles. The molecule has 3 amide bonds. The Balaban J connectivity index is 1.81. The monoisotopic (exact) mass is 321 g/mol. The lowest BCUT2D eigenvalue weighted by molar-refractivity contribution is -0.118. The molecule has 0 saturated carbocycles. The number of nitrogens with one attached hydrogen (secondary N) is 2. The highest BCUT2D eigenvalue weighted by Crippen LogP contribution is 2.12. The minimum atomic E-state index is -0.959. The number of aromatic nitrogens is 2.